The molecule has 1 aliphatic rings. The second-order valence-electron chi connectivity index (χ2n) is 8.34. The average Bonchev–Trinajstić information content (AvgIpc) is 3.27. The Kier molecular flexibility index (Phi) is 9.16. The molecule has 1 atom stereocenters. The number of ether oxygens (including phenoxy) is 1. The van der Waals surface area contributed by atoms with Gasteiger partial charge in [0.15, 0.2) is 0 Å². The molecular weight excluding hydrogens is 537 g/mol. The van der Waals surface area contributed by atoms with Gasteiger partial charge in [0.25, 0.3) is 11.8 Å². The molecule has 1 aromatic carbocycles. The van der Waals surface area contributed by atoms with Gasteiger partial charge in [-0.25, -0.2) is 0 Å². The number of carbonyl (C=O) groups excluding carboxylic acids is 4. The third-order valence-corrected chi connectivity index (χ3v) is 6.51. The summed E-state index contributed by atoms with van der Waals surface area (Å²) in [4.78, 5) is 51.1. The fourth-order valence-corrected chi connectivity index (χ4v) is 4.28. The van der Waals surface area contributed by atoms with Crippen molar-refractivity contribution in [3.05, 3.63) is 45.1 Å². The summed E-state index contributed by atoms with van der Waals surface area (Å²) < 4.78 is 47.0. The molecule has 1 saturated heterocycles. The van der Waals surface area contributed by atoms with E-state index in [1.807, 2.05) is 0 Å². The maximum Gasteiger partial charge on any atom is 0.418 e. The van der Waals surface area contributed by atoms with Crippen molar-refractivity contribution in [1.82, 2.24) is 10.6 Å². The summed E-state index contributed by atoms with van der Waals surface area (Å²) >= 11 is 6.83. The first-order valence-electron chi connectivity index (χ1n) is 11.1. The molecule has 1 aliphatic heterocycles. The third kappa shape index (κ3) is 7.43. The van der Waals surface area contributed by atoms with Gasteiger partial charge in [-0.05, 0) is 30.3 Å². The number of benzene rings is 1. The van der Waals surface area contributed by atoms with Crippen LogP contribution in [0.4, 0.5) is 24.5 Å². The van der Waals surface area contributed by atoms with Crippen LogP contribution in [0, 0.1) is 5.92 Å². The molecule has 0 unspecified atom stereocenters. The van der Waals surface area contributed by atoms with Gasteiger partial charge >= 0.3 is 6.18 Å². The molecule has 3 rings (SSSR count). The zero-order valence-electron chi connectivity index (χ0n) is 19.8. The predicted octanol–water partition coefficient (Wildman–Crippen LogP) is 3.29. The molecule has 37 heavy (non-hydrogen) atoms. The van der Waals surface area contributed by atoms with Crippen LogP contribution in [-0.2, 0) is 25.3 Å². The number of alkyl halides is 3. The number of morpholine rings is 1. The monoisotopic (exact) mass is 560 g/mol. The minimum atomic E-state index is -4.86. The molecular formula is C23H24ClF3N4O5S. The molecule has 0 bridgehead atoms. The molecule has 2 aromatic rings. The second kappa shape index (κ2) is 11.9. The Morgan fingerprint density at radius 1 is 1.16 bits per heavy atom. The number of hydrogen-bond acceptors (Lipinski definition) is 6. The summed E-state index contributed by atoms with van der Waals surface area (Å²) in [5.74, 6) is -3.09. The van der Waals surface area contributed by atoms with Gasteiger partial charge in [-0.1, -0.05) is 25.4 Å². The van der Waals surface area contributed by atoms with E-state index >= 15 is 0 Å². The van der Waals surface area contributed by atoms with E-state index in [0.717, 1.165) is 23.5 Å². The number of carbonyl (C=O) groups is 4. The summed E-state index contributed by atoms with van der Waals surface area (Å²) in [6.45, 7) is 2.77. The van der Waals surface area contributed by atoms with Crippen molar-refractivity contribution in [2.45, 2.75) is 26.1 Å². The quantitative estimate of drug-likeness (QED) is 0.458. The molecule has 2 heterocycles. The fraction of sp³-hybridized carbons (Fsp3) is 0.391. The van der Waals surface area contributed by atoms with Crippen molar-refractivity contribution >= 4 is 57.9 Å². The normalized spacial score (nSPS) is 14.9. The molecule has 0 spiro atoms. The molecule has 1 fully saturated rings. The number of amides is 4. The minimum Gasteiger partial charge on any atom is -0.370 e. The zero-order chi connectivity index (χ0) is 27.3. The lowest BCUT2D eigenvalue weighted by atomic mass is 10.1. The Morgan fingerprint density at radius 2 is 1.89 bits per heavy atom. The second-order valence-corrected chi connectivity index (χ2v) is 10.1. The van der Waals surface area contributed by atoms with Gasteiger partial charge in [0.1, 0.15) is 12.6 Å². The van der Waals surface area contributed by atoms with E-state index in [2.05, 4.69) is 16.0 Å². The summed E-state index contributed by atoms with van der Waals surface area (Å²) in [5.41, 5.74) is -1.74. The van der Waals surface area contributed by atoms with Crippen LogP contribution < -0.4 is 20.9 Å². The maximum atomic E-state index is 13.9. The first-order valence-corrected chi connectivity index (χ1v) is 12.3. The Balaban J connectivity index is 1.82. The minimum absolute atomic E-state index is 0.00477. The lowest BCUT2D eigenvalue weighted by molar-refractivity contribution is -0.137. The summed E-state index contributed by atoms with van der Waals surface area (Å²) in [6, 6.07) is 4.68. The van der Waals surface area contributed by atoms with Gasteiger partial charge in [-0.3, -0.25) is 19.2 Å². The van der Waals surface area contributed by atoms with Crippen molar-refractivity contribution in [2.24, 2.45) is 5.92 Å². The Morgan fingerprint density at radius 3 is 2.49 bits per heavy atom. The highest BCUT2D eigenvalue weighted by molar-refractivity contribution is 7.18. The van der Waals surface area contributed by atoms with Crippen molar-refractivity contribution in [3.63, 3.8) is 0 Å². The van der Waals surface area contributed by atoms with Crippen LogP contribution >= 0.6 is 22.9 Å². The molecule has 3 N–H and O–H groups in total. The van der Waals surface area contributed by atoms with Gasteiger partial charge in [0, 0.05) is 24.7 Å². The molecule has 14 heteroatoms. The number of nitrogens with zero attached hydrogens (tertiary/aromatic N) is 1. The van der Waals surface area contributed by atoms with Crippen LogP contribution in [-0.4, -0.2) is 56.0 Å². The number of hydrogen-bond donors (Lipinski definition) is 3. The number of thiophene rings is 1. The first-order chi connectivity index (χ1) is 17.4. The van der Waals surface area contributed by atoms with E-state index in [9.17, 15) is 32.3 Å². The lowest BCUT2D eigenvalue weighted by Crippen LogP contribution is -2.51. The molecule has 200 valence electrons. The van der Waals surface area contributed by atoms with Crippen molar-refractivity contribution in [1.29, 1.82) is 0 Å². The maximum absolute atomic E-state index is 13.9. The average molecular weight is 561 g/mol. The highest BCUT2D eigenvalue weighted by atomic mass is 35.5. The van der Waals surface area contributed by atoms with Gasteiger partial charge < -0.3 is 25.6 Å². The standard InChI is InChI=1S/C23H24ClF3N4O5S/c1-12(2)20(33)30-16(10-28-22(35)17-5-6-18(24)37-17)21(34)29-15-4-3-13(9-14(15)23(25,26)27)31-7-8-36-11-19(31)32/h3-6,9,12,16H,7-8,10-11H2,1-2H3,(H,28,35)(H,29,34)(H,30,33)/t16-/m1/s1. The van der Waals surface area contributed by atoms with E-state index in [0.29, 0.717) is 4.34 Å². The van der Waals surface area contributed by atoms with Crippen molar-refractivity contribution < 1.29 is 37.1 Å². The van der Waals surface area contributed by atoms with E-state index in [4.69, 9.17) is 16.3 Å². The van der Waals surface area contributed by atoms with Gasteiger partial charge in [0.2, 0.25) is 11.8 Å². The summed E-state index contributed by atoms with van der Waals surface area (Å²) in [7, 11) is 0. The Bertz CT molecular complexity index is 1190. The van der Waals surface area contributed by atoms with Crippen LogP contribution in [0.2, 0.25) is 4.34 Å². The number of rotatable bonds is 8. The molecule has 0 radical (unpaired) electrons. The number of nitrogens with one attached hydrogen (secondary N) is 3. The van der Waals surface area contributed by atoms with Crippen LogP contribution in [0.25, 0.3) is 0 Å². The van der Waals surface area contributed by atoms with E-state index in [1.54, 1.807) is 13.8 Å². The lowest BCUT2D eigenvalue weighted by Gasteiger charge is -2.28. The van der Waals surface area contributed by atoms with Crippen LogP contribution in [0.1, 0.15) is 29.1 Å². The van der Waals surface area contributed by atoms with E-state index < -0.39 is 53.0 Å². The molecule has 0 aliphatic carbocycles. The van der Waals surface area contributed by atoms with Gasteiger partial charge in [-0.15, -0.1) is 11.3 Å². The van der Waals surface area contributed by atoms with Gasteiger partial charge in [0.05, 0.1) is 27.1 Å². The Labute approximate surface area is 219 Å². The summed E-state index contributed by atoms with van der Waals surface area (Å²) in [5, 5.41) is 7.12. The molecule has 4 amide bonds. The fourth-order valence-electron chi connectivity index (χ4n) is 3.32. The largest absolute Gasteiger partial charge is 0.418 e. The SMILES string of the molecule is CC(C)C(=O)N[C@H](CNC(=O)c1ccc(Cl)s1)C(=O)Nc1ccc(N2CCOCC2=O)cc1C(F)(F)F. The van der Waals surface area contributed by atoms with E-state index in [1.165, 1.54) is 23.1 Å². The molecule has 1 aromatic heterocycles. The van der Waals surface area contributed by atoms with Crippen LogP contribution in [0.3, 0.4) is 0 Å². The topological polar surface area (TPSA) is 117 Å². The van der Waals surface area contributed by atoms with Crippen molar-refractivity contribution in [3.8, 4) is 0 Å². The summed E-state index contributed by atoms with van der Waals surface area (Å²) in [6.07, 6.45) is -4.86. The molecule has 0 saturated carbocycles. The smallest absolute Gasteiger partial charge is 0.370 e. The third-order valence-electron chi connectivity index (χ3n) is 5.29. The highest BCUT2D eigenvalue weighted by Gasteiger charge is 2.36. The van der Waals surface area contributed by atoms with E-state index in [-0.39, 0.29) is 36.9 Å². The number of halogens is 4. The number of anilines is 2. The van der Waals surface area contributed by atoms with Crippen LogP contribution in [0.15, 0.2) is 30.3 Å². The zero-order valence-corrected chi connectivity index (χ0v) is 21.4. The Hall–Kier alpha value is -3.16. The first kappa shape index (κ1) is 28.4. The predicted molar refractivity (Wildman–Crippen MR) is 132 cm³/mol. The highest BCUT2D eigenvalue weighted by Crippen LogP contribution is 2.37. The van der Waals surface area contributed by atoms with Crippen molar-refractivity contribution in [2.75, 3.05) is 36.5 Å². The molecule has 9 nitrogen and oxygen atoms in total. The van der Waals surface area contributed by atoms with Gasteiger partial charge in [-0.2, -0.15) is 13.2 Å². The van der Waals surface area contributed by atoms with Crippen LogP contribution in [0.5, 0.6) is 0 Å².